The van der Waals surface area contributed by atoms with Gasteiger partial charge in [-0.3, -0.25) is 4.99 Å². The number of halogens is 1. The van der Waals surface area contributed by atoms with Crippen LogP contribution in [0.4, 0.5) is 5.69 Å². The van der Waals surface area contributed by atoms with E-state index in [9.17, 15) is 5.11 Å². The number of methoxy groups -OCH3 is 1. The van der Waals surface area contributed by atoms with Gasteiger partial charge in [-0.1, -0.05) is 12.1 Å². The van der Waals surface area contributed by atoms with E-state index in [0.717, 1.165) is 61.4 Å². The van der Waals surface area contributed by atoms with E-state index in [4.69, 9.17) is 4.74 Å². The largest absolute Gasteiger partial charge is 0.495 e. The molecule has 2 aliphatic heterocycles. The zero-order valence-corrected chi connectivity index (χ0v) is 19.3. The Bertz CT molecular complexity index is 625. The standard InChI is InChI=1S/C19H30N4O2S.HI/c1-3-20-18(21-13-19(24)9-11-26-14-19)22-15-8-10-23(12-15)16-6-4-5-7-17(16)25-2;/h4-7,15,24H,3,8-14H2,1-2H3,(H2,20,21,22);1H. The second-order valence-corrected chi connectivity index (χ2v) is 8.08. The fourth-order valence-corrected chi connectivity index (χ4v) is 4.73. The van der Waals surface area contributed by atoms with Crippen molar-refractivity contribution in [3.05, 3.63) is 24.3 Å². The molecule has 2 aliphatic rings. The zero-order chi connectivity index (χ0) is 18.4. The predicted molar refractivity (Wildman–Crippen MR) is 125 cm³/mol. The number of benzene rings is 1. The third kappa shape index (κ3) is 6.05. The molecule has 3 N–H and O–H groups in total. The second-order valence-electron chi connectivity index (χ2n) is 6.97. The first-order valence-electron chi connectivity index (χ1n) is 9.36. The molecule has 27 heavy (non-hydrogen) atoms. The molecule has 0 aliphatic carbocycles. The lowest BCUT2D eigenvalue weighted by Crippen LogP contribution is -2.45. The number of aliphatic imine (C=N–C) groups is 1. The molecular formula is C19H31IN4O2S. The van der Waals surface area contributed by atoms with Gasteiger partial charge < -0.3 is 25.4 Å². The van der Waals surface area contributed by atoms with E-state index in [1.807, 2.05) is 18.2 Å². The van der Waals surface area contributed by atoms with Crippen LogP contribution in [0.1, 0.15) is 19.8 Å². The first-order valence-corrected chi connectivity index (χ1v) is 10.5. The first kappa shape index (κ1) is 22.4. The third-order valence-electron chi connectivity index (χ3n) is 4.91. The van der Waals surface area contributed by atoms with Gasteiger partial charge in [0.25, 0.3) is 0 Å². The van der Waals surface area contributed by atoms with Crippen LogP contribution in [-0.2, 0) is 0 Å². The smallest absolute Gasteiger partial charge is 0.191 e. The predicted octanol–water partition coefficient (Wildman–Crippen LogP) is 2.32. The quantitative estimate of drug-likeness (QED) is 0.313. The molecule has 2 saturated heterocycles. The van der Waals surface area contributed by atoms with Crippen molar-refractivity contribution in [2.24, 2.45) is 4.99 Å². The average Bonchev–Trinajstić information content (AvgIpc) is 3.29. The summed E-state index contributed by atoms with van der Waals surface area (Å²) in [7, 11) is 1.71. The lowest BCUT2D eigenvalue weighted by atomic mass is 10.1. The van der Waals surface area contributed by atoms with E-state index < -0.39 is 5.60 Å². The molecule has 0 saturated carbocycles. The van der Waals surface area contributed by atoms with Gasteiger partial charge in [-0.25, -0.2) is 0 Å². The molecule has 2 atom stereocenters. The number of para-hydroxylation sites is 2. The molecule has 6 nitrogen and oxygen atoms in total. The van der Waals surface area contributed by atoms with E-state index in [1.165, 1.54) is 0 Å². The topological polar surface area (TPSA) is 69.1 Å². The fraction of sp³-hybridized carbons (Fsp3) is 0.632. The molecule has 2 unspecified atom stereocenters. The van der Waals surface area contributed by atoms with E-state index in [0.29, 0.717) is 12.6 Å². The van der Waals surface area contributed by atoms with Crippen molar-refractivity contribution in [1.82, 2.24) is 10.6 Å². The molecule has 152 valence electrons. The molecule has 1 aromatic rings. The van der Waals surface area contributed by atoms with Crippen molar-refractivity contribution in [3.8, 4) is 5.75 Å². The fourth-order valence-electron chi connectivity index (χ4n) is 3.45. The number of aliphatic hydroxyl groups is 1. The monoisotopic (exact) mass is 506 g/mol. The van der Waals surface area contributed by atoms with Crippen LogP contribution in [0, 0.1) is 0 Å². The van der Waals surface area contributed by atoms with Crippen LogP contribution < -0.4 is 20.3 Å². The van der Waals surface area contributed by atoms with Crippen LogP contribution in [0.15, 0.2) is 29.3 Å². The molecule has 0 spiro atoms. The van der Waals surface area contributed by atoms with Crippen molar-refractivity contribution >= 4 is 47.4 Å². The summed E-state index contributed by atoms with van der Waals surface area (Å²) in [6, 6.07) is 8.47. The minimum Gasteiger partial charge on any atom is -0.495 e. The van der Waals surface area contributed by atoms with Gasteiger partial charge in [-0.15, -0.1) is 24.0 Å². The first-order chi connectivity index (χ1) is 12.6. The molecule has 2 heterocycles. The summed E-state index contributed by atoms with van der Waals surface area (Å²) in [5.41, 5.74) is 0.491. The maximum Gasteiger partial charge on any atom is 0.191 e. The summed E-state index contributed by atoms with van der Waals surface area (Å²) in [6.07, 6.45) is 1.87. The number of anilines is 1. The number of thioether (sulfide) groups is 1. The van der Waals surface area contributed by atoms with Gasteiger partial charge in [0.1, 0.15) is 5.75 Å². The van der Waals surface area contributed by atoms with Crippen LogP contribution in [0.3, 0.4) is 0 Å². The Balaban J connectivity index is 0.00000261. The Morgan fingerprint density at radius 2 is 2.26 bits per heavy atom. The number of guanidine groups is 1. The number of ether oxygens (including phenoxy) is 1. The van der Waals surface area contributed by atoms with E-state index in [-0.39, 0.29) is 24.0 Å². The third-order valence-corrected chi connectivity index (χ3v) is 6.15. The highest BCUT2D eigenvalue weighted by atomic mass is 127. The highest BCUT2D eigenvalue weighted by Crippen LogP contribution is 2.30. The van der Waals surface area contributed by atoms with Gasteiger partial charge in [0.15, 0.2) is 5.96 Å². The second kappa shape index (κ2) is 10.6. The minimum atomic E-state index is -0.647. The Hall–Kier alpha value is -0.870. The van der Waals surface area contributed by atoms with Gasteiger partial charge >= 0.3 is 0 Å². The van der Waals surface area contributed by atoms with Crippen LogP contribution in [-0.4, -0.2) is 67.5 Å². The van der Waals surface area contributed by atoms with Crippen molar-refractivity contribution < 1.29 is 9.84 Å². The SMILES string of the molecule is CCNC(=NCC1(O)CCSC1)NC1CCN(c2ccccc2OC)C1.I. The average molecular weight is 506 g/mol. The van der Waals surface area contributed by atoms with E-state index >= 15 is 0 Å². The van der Waals surface area contributed by atoms with Crippen LogP contribution >= 0.6 is 35.7 Å². The Morgan fingerprint density at radius 3 is 2.96 bits per heavy atom. The molecule has 3 rings (SSSR count). The Morgan fingerprint density at radius 1 is 1.44 bits per heavy atom. The summed E-state index contributed by atoms with van der Waals surface area (Å²) < 4.78 is 5.49. The lowest BCUT2D eigenvalue weighted by molar-refractivity contribution is 0.0778. The van der Waals surface area contributed by atoms with Gasteiger partial charge in [0, 0.05) is 31.4 Å². The molecule has 0 radical (unpaired) electrons. The van der Waals surface area contributed by atoms with Gasteiger partial charge in [0.05, 0.1) is 24.9 Å². The van der Waals surface area contributed by atoms with Crippen LogP contribution in [0.25, 0.3) is 0 Å². The number of nitrogens with one attached hydrogen (secondary N) is 2. The van der Waals surface area contributed by atoms with Crippen molar-refractivity contribution in [3.63, 3.8) is 0 Å². The molecule has 0 amide bonds. The van der Waals surface area contributed by atoms with E-state index in [2.05, 4.69) is 33.5 Å². The van der Waals surface area contributed by atoms with Gasteiger partial charge in [-0.05, 0) is 37.7 Å². The summed E-state index contributed by atoms with van der Waals surface area (Å²) in [6.45, 7) is 5.22. The molecule has 8 heteroatoms. The number of rotatable bonds is 6. The maximum absolute atomic E-state index is 10.5. The number of hydrogen-bond acceptors (Lipinski definition) is 5. The Labute approximate surface area is 183 Å². The summed E-state index contributed by atoms with van der Waals surface area (Å²) in [5, 5.41) is 17.4. The highest BCUT2D eigenvalue weighted by molar-refractivity contribution is 14.0. The summed E-state index contributed by atoms with van der Waals surface area (Å²) in [5.74, 6) is 3.51. The van der Waals surface area contributed by atoms with Crippen LogP contribution in [0.2, 0.25) is 0 Å². The summed E-state index contributed by atoms with van der Waals surface area (Å²) in [4.78, 5) is 7.00. The van der Waals surface area contributed by atoms with Gasteiger partial charge in [0.2, 0.25) is 0 Å². The molecule has 2 fully saturated rings. The molecule has 0 aromatic heterocycles. The lowest BCUT2D eigenvalue weighted by Gasteiger charge is -2.23. The minimum absolute atomic E-state index is 0. The molecular weight excluding hydrogens is 475 g/mol. The maximum atomic E-state index is 10.5. The van der Waals surface area contributed by atoms with Crippen molar-refractivity contribution in [2.75, 3.05) is 49.7 Å². The number of nitrogens with zero attached hydrogens (tertiary/aromatic N) is 2. The van der Waals surface area contributed by atoms with Crippen molar-refractivity contribution in [2.45, 2.75) is 31.4 Å². The molecule has 0 bridgehead atoms. The Kier molecular flexibility index (Phi) is 8.81. The van der Waals surface area contributed by atoms with Crippen LogP contribution in [0.5, 0.6) is 5.75 Å². The number of hydrogen-bond donors (Lipinski definition) is 3. The zero-order valence-electron chi connectivity index (χ0n) is 16.1. The normalized spacial score (nSPS) is 25.2. The highest BCUT2D eigenvalue weighted by Gasteiger charge is 2.32. The molecule has 1 aromatic carbocycles. The van der Waals surface area contributed by atoms with Gasteiger partial charge in [-0.2, -0.15) is 11.8 Å². The van der Waals surface area contributed by atoms with Crippen molar-refractivity contribution in [1.29, 1.82) is 0 Å². The summed E-state index contributed by atoms with van der Waals surface area (Å²) >= 11 is 1.80. The van der Waals surface area contributed by atoms with E-state index in [1.54, 1.807) is 18.9 Å².